The van der Waals surface area contributed by atoms with Crippen LogP contribution in [0.1, 0.15) is 58.3 Å². The van der Waals surface area contributed by atoms with Crippen molar-refractivity contribution in [2.24, 2.45) is 0 Å². The summed E-state index contributed by atoms with van der Waals surface area (Å²) in [5.74, 6) is 0. The van der Waals surface area contributed by atoms with Crippen molar-refractivity contribution in [1.29, 1.82) is 0 Å². The normalized spacial score (nSPS) is 30.7. The van der Waals surface area contributed by atoms with E-state index in [2.05, 4.69) is 6.92 Å². The fourth-order valence-electron chi connectivity index (χ4n) is 3.17. The Morgan fingerprint density at radius 3 is 2.14 bits per heavy atom. The molecule has 4 N–H and O–H groups in total. The average molecular weight is 303 g/mol. The Hall–Kier alpha value is -0.200. The Morgan fingerprint density at radius 1 is 0.905 bits per heavy atom. The maximum atomic E-state index is 10.0. The Balaban J connectivity index is 2.30. The SMILES string of the molecule is CCCCCCCCCN1C[C@H](O)[C@@H](O)[C@H](O)[C@H]1CCO. The van der Waals surface area contributed by atoms with Crippen LogP contribution in [-0.2, 0) is 0 Å². The number of nitrogens with zero attached hydrogens (tertiary/aromatic N) is 1. The zero-order valence-electron chi connectivity index (χ0n) is 13.3. The van der Waals surface area contributed by atoms with Gasteiger partial charge in [0.15, 0.2) is 0 Å². The van der Waals surface area contributed by atoms with Gasteiger partial charge in [0.1, 0.15) is 6.10 Å². The molecule has 0 unspecified atom stereocenters. The van der Waals surface area contributed by atoms with E-state index in [1.807, 2.05) is 4.90 Å². The van der Waals surface area contributed by atoms with Crippen molar-refractivity contribution in [3.8, 4) is 0 Å². The van der Waals surface area contributed by atoms with Crippen LogP contribution in [-0.4, -0.2) is 69.4 Å². The summed E-state index contributed by atoms with van der Waals surface area (Å²) in [4.78, 5) is 2.02. The number of hydrogen-bond donors (Lipinski definition) is 4. The Morgan fingerprint density at radius 2 is 1.52 bits per heavy atom. The van der Waals surface area contributed by atoms with Gasteiger partial charge < -0.3 is 20.4 Å². The van der Waals surface area contributed by atoms with Crippen LogP contribution in [0.2, 0.25) is 0 Å². The van der Waals surface area contributed by atoms with E-state index in [0.717, 1.165) is 19.4 Å². The number of β-amino-alcohol motifs (C(OH)–C–C–N with tert-alkyl or cyclic N) is 1. The average Bonchev–Trinajstić information content (AvgIpc) is 2.47. The number of aliphatic hydroxyl groups excluding tert-OH is 4. The van der Waals surface area contributed by atoms with E-state index >= 15 is 0 Å². The molecule has 0 spiro atoms. The molecule has 0 amide bonds. The van der Waals surface area contributed by atoms with E-state index in [-0.39, 0.29) is 12.6 Å². The minimum absolute atomic E-state index is 0.0158. The van der Waals surface area contributed by atoms with Crippen molar-refractivity contribution < 1.29 is 20.4 Å². The molecule has 1 rings (SSSR count). The Labute approximate surface area is 128 Å². The molecule has 1 aliphatic heterocycles. The number of likely N-dealkylation sites (tertiary alicyclic amines) is 1. The first kappa shape index (κ1) is 18.8. The summed E-state index contributed by atoms with van der Waals surface area (Å²) in [6.45, 7) is 3.37. The third-order valence-electron chi connectivity index (χ3n) is 4.50. The zero-order chi connectivity index (χ0) is 15.7. The molecule has 0 saturated carbocycles. The number of unbranched alkanes of at least 4 members (excludes halogenated alkanes) is 6. The lowest BCUT2D eigenvalue weighted by Crippen LogP contribution is -2.61. The predicted molar refractivity (Wildman–Crippen MR) is 83.1 cm³/mol. The summed E-state index contributed by atoms with van der Waals surface area (Å²) in [7, 11) is 0. The summed E-state index contributed by atoms with van der Waals surface area (Å²) >= 11 is 0. The summed E-state index contributed by atoms with van der Waals surface area (Å²) < 4.78 is 0. The maximum Gasteiger partial charge on any atom is 0.108 e. The summed E-state index contributed by atoms with van der Waals surface area (Å²) in [6, 6.07) is -0.256. The van der Waals surface area contributed by atoms with Crippen LogP contribution in [0.4, 0.5) is 0 Å². The van der Waals surface area contributed by atoms with Crippen LogP contribution < -0.4 is 0 Å². The molecule has 0 aliphatic carbocycles. The molecule has 1 saturated heterocycles. The van der Waals surface area contributed by atoms with Crippen molar-refractivity contribution in [1.82, 2.24) is 4.90 Å². The lowest BCUT2D eigenvalue weighted by atomic mass is 9.91. The second-order valence-corrected chi connectivity index (χ2v) is 6.24. The monoisotopic (exact) mass is 303 g/mol. The highest BCUT2D eigenvalue weighted by atomic mass is 16.4. The highest BCUT2D eigenvalue weighted by molar-refractivity contribution is 4.94. The quantitative estimate of drug-likeness (QED) is 0.450. The molecule has 5 heteroatoms. The first-order valence-corrected chi connectivity index (χ1v) is 8.51. The van der Waals surface area contributed by atoms with Gasteiger partial charge in [-0.05, 0) is 19.4 Å². The first-order chi connectivity index (χ1) is 10.1. The van der Waals surface area contributed by atoms with Crippen molar-refractivity contribution >= 4 is 0 Å². The topological polar surface area (TPSA) is 84.2 Å². The molecule has 21 heavy (non-hydrogen) atoms. The van der Waals surface area contributed by atoms with Crippen molar-refractivity contribution in [3.63, 3.8) is 0 Å². The van der Waals surface area contributed by atoms with Gasteiger partial charge in [0.05, 0.1) is 12.2 Å². The summed E-state index contributed by atoms with van der Waals surface area (Å²) in [6.07, 6.45) is 6.00. The van der Waals surface area contributed by atoms with Crippen molar-refractivity contribution in [2.75, 3.05) is 19.7 Å². The molecule has 0 radical (unpaired) electrons. The van der Waals surface area contributed by atoms with Crippen LogP contribution in [0.15, 0.2) is 0 Å². The van der Waals surface area contributed by atoms with E-state index in [1.54, 1.807) is 0 Å². The Bertz CT molecular complexity index is 265. The van der Waals surface area contributed by atoms with Gasteiger partial charge in [0, 0.05) is 19.2 Å². The van der Waals surface area contributed by atoms with Gasteiger partial charge >= 0.3 is 0 Å². The highest BCUT2D eigenvalue weighted by Gasteiger charge is 2.40. The van der Waals surface area contributed by atoms with Crippen LogP contribution in [0.3, 0.4) is 0 Å². The minimum Gasteiger partial charge on any atom is -0.396 e. The number of aliphatic hydroxyl groups is 4. The van der Waals surface area contributed by atoms with E-state index in [4.69, 9.17) is 5.11 Å². The zero-order valence-corrected chi connectivity index (χ0v) is 13.3. The van der Waals surface area contributed by atoms with Crippen LogP contribution in [0.5, 0.6) is 0 Å². The largest absolute Gasteiger partial charge is 0.396 e. The van der Waals surface area contributed by atoms with Gasteiger partial charge in [-0.1, -0.05) is 45.4 Å². The number of piperidine rings is 1. The van der Waals surface area contributed by atoms with Gasteiger partial charge in [0.2, 0.25) is 0 Å². The lowest BCUT2D eigenvalue weighted by molar-refractivity contribution is -0.140. The maximum absolute atomic E-state index is 10.0. The van der Waals surface area contributed by atoms with Crippen LogP contribution in [0.25, 0.3) is 0 Å². The third kappa shape index (κ3) is 6.20. The molecule has 0 aromatic rings. The number of hydrogen-bond acceptors (Lipinski definition) is 5. The molecule has 4 atom stereocenters. The molecule has 1 fully saturated rings. The summed E-state index contributed by atoms with van der Waals surface area (Å²) in [5.41, 5.74) is 0. The molecular formula is C16H33NO4. The standard InChI is InChI=1S/C16H33NO4/c1-2-3-4-5-6-7-8-10-17-12-14(19)16(21)15(20)13(17)9-11-18/h13-16,18-21H,2-12H2,1H3/t13-,14+,15-,16-/m1/s1. The number of rotatable bonds is 10. The van der Waals surface area contributed by atoms with E-state index in [0.29, 0.717) is 13.0 Å². The fourth-order valence-corrected chi connectivity index (χ4v) is 3.17. The lowest BCUT2D eigenvalue weighted by Gasteiger charge is -2.43. The van der Waals surface area contributed by atoms with E-state index in [9.17, 15) is 15.3 Å². The smallest absolute Gasteiger partial charge is 0.108 e. The van der Waals surface area contributed by atoms with Crippen LogP contribution in [0, 0.1) is 0 Å². The van der Waals surface area contributed by atoms with Gasteiger partial charge in [0.25, 0.3) is 0 Å². The molecule has 1 heterocycles. The van der Waals surface area contributed by atoms with Crippen LogP contribution >= 0.6 is 0 Å². The molecule has 5 nitrogen and oxygen atoms in total. The molecule has 1 aliphatic rings. The van der Waals surface area contributed by atoms with E-state index in [1.165, 1.54) is 32.1 Å². The van der Waals surface area contributed by atoms with E-state index < -0.39 is 18.3 Å². The van der Waals surface area contributed by atoms with Gasteiger partial charge in [-0.25, -0.2) is 0 Å². The van der Waals surface area contributed by atoms with Gasteiger partial charge in [-0.15, -0.1) is 0 Å². The minimum atomic E-state index is -1.10. The van der Waals surface area contributed by atoms with Crippen molar-refractivity contribution in [3.05, 3.63) is 0 Å². The van der Waals surface area contributed by atoms with Gasteiger partial charge in [-0.3, -0.25) is 4.90 Å². The second kappa shape index (κ2) is 10.5. The van der Waals surface area contributed by atoms with Gasteiger partial charge in [-0.2, -0.15) is 0 Å². The highest BCUT2D eigenvalue weighted by Crippen LogP contribution is 2.22. The predicted octanol–water partition coefficient (Wildman–Crippen LogP) is 0.886. The fraction of sp³-hybridized carbons (Fsp3) is 1.00. The van der Waals surface area contributed by atoms with Crippen molar-refractivity contribution in [2.45, 2.75) is 82.6 Å². The molecule has 126 valence electrons. The molecule has 0 aromatic heterocycles. The second-order valence-electron chi connectivity index (χ2n) is 6.24. The first-order valence-electron chi connectivity index (χ1n) is 8.51. The molecule has 0 aromatic carbocycles. The molecule has 0 bridgehead atoms. The Kier molecular flexibility index (Phi) is 9.44. The molecular weight excluding hydrogens is 270 g/mol. The third-order valence-corrected chi connectivity index (χ3v) is 4.50. The summed E-state index contributed by atoms with van der Waals surface area (Å²) in [5, 5.41) is 38.7.